The van der Waals surface area contributed by atoms with Crippen molar-refractivity contribution in [3.8, 4) is 0 Å². The van der Waals surface area contributed by atoms with E-state index < -0.39 is 0 Å². The van der Waals surface area contributed by atoms with Crippen LogP contribution in [0.4, 0.5) is 0 Å². The van der Waals surface area contributed by atoms with Crippen molar-refractivity contribution in [3.63, 3.8) is 0 Å². The van der Waals surface area contributed by atoms with E-state index in [0.29, 0.717) is 16.1 Å². The van der Waals surface area contributed by atoms with Gasteiger partial charge >= 0.3 is 0 Å². The molecule has 2 aromatic carbocycles. The molecule has 3 rings (SSSR count). The number of aromatic nitrogens is 1. The van der Waals surface area contributed by atoms with E-state index in [2.05, 4.69) is 27.6 Å². The monoisotopic (exact) mass is 393 g/mol. The Bertz CT molecular complexity index is 811. The molecule has 0 saturated carbocycles. The van der Waals surface area contributed by atoms with Crippen molar-refractivity contribution in [2.45, 2.75) is 0 Å². The number of hydrogen-bond donors (Lipinski definition) is 0. The molecule has 0 atom stereocenters. The third-order valence-electron chi connectivity index (χ3n) is 3.06. The third-order valence-corrected chi connectivity index (χ3v) is 4.63. The zero-order valence-electron chi connectivity index (χ0n) is 10.3. The standard InChI is InChI=1S/C16H9ClINO/c17-13-9-11(6-7-14(13)18)16(20)12-5-1-3-10-4-2-8-19-15(10)12/h1-9H. The predicted molar refractivity (Wildman–Crippen MR) is 89.3 cm³/mol. The van der Waals surface area contributed by atoms with Crippen molar-refractivity contribution in [3.05, 3.63) is 74.4 Å². The van der Waals surface area contributed by atoms with Gasteiger partial charge in [0.2, 0.25) is 0 Å². The van der Waals surface area contributed by atoms with E-state index in [1.165, 1.54) is 0 Å². The summed E-state index contributed by atoms with van der Waals surface area (Å²) in [7, 11) is 0. The summed E-state index contributed by atoms with van der Waals surface area (Å²) in [5, 5.41) is 1.54. The van der Waals surface area contributed by atoms with Gasteiger partial charge in [-0.1, -0.05) is 29.8 Å². The molecule has 3 aromatic rings. The number of hydrogen-bond acceptors (Lipinski definition) is 2. The Balaban J connectivity index is 2.15. The van der Waals surface area contributed by atoms with Crippen LogP contribution in [0.15, 0.2) is 54.7 Å². The average Bonchev–Trinajstić information content (AvgIpc) is 2.49. The van der Waals surface area contributed by atoms with Gasteiger partial charge in [0.1, 0.15) is 0 Å². The summed E-state index contributed by atoms with van der Waals surface area (Å²) in [6, 6.07) is 14.7. The number of carbonyl (C=O) groups excluding carboxylic acids is 1. The van der Waals surface area contributed by atoms with E-state index in [1.54, 1.807) is 24.4 Å². The average molecular weight is 394 g/mol. The molecule has 0 aliphatic carbocycles. The van der Waals surface area contributed by atoms with E-state index in [4.69, 9.17) is 11.6 Å². The highest BCUT2D eigenvalue weighted by molar-refractivity contribution is 14.1. The van der Waals surface area contributed by atoms with E-state index in [-0.39, 0.29) is 5.78 Å². The first-order chi connectivity index (χ1) is 9.66. The van der Waals surface area contributed by atoms with Crippen molar-refractivity contribution in [2.24, 2.45) is 0 Å². The number of rotatable bonds is 2. The Morgan fingerprint density at radius 3 is 2.70 bits per heavy atom. The van der Waals surface area contributed by atoms with Crippen LogP contribution in [0.25, 0.3) is 10.9 Å². The Morgan fingerprint density at radius 2 is 1.90 bits per heavy atom. The minimum Gasteiger partial charge on any atom is -0.289 e. The van der Waals surface area contributed by atoms with Crippen LogP contribution in [0.2, 0.25) is 5.02 Å². The Morgan fingerprint density at radius 1 is 1.10 bits per heavy atom. The van der Waals surface area contributed by atoms with Gasteiger partial charge < -0.3 is 0 Å². The summed E-state index contributed by atoms with van der Waals surface area (Å²) in [5.41, 5.74) is 1.89. The van der Waals surface area contributed by atoms with Gasteiger partial charge in [-0.2, -0.15) is 0 Å². The van der Waals surface area contributed by atoms with Crippen molar-refractivity contribution in [1.29, 1.82) is 0 Å². The van der Waals surface area contributed by atoms with Crippen LogP contribution < -0.4 is 0 Å². The molecule has 0 radical (unpaired) electrons. The topological polar surface area (TPSA) is 30.0 Å². The fourth-order valence-electron chi connectivity index (χ4n) is 2.08. The van der Waals surface area contributed by atoms with Crippen LogP contribution >= 0.6 is 34.2 Å². The molecule has 1 heterocycles. The molecule has 0 saturated heterocycles. The fourth-order valence-corrected chi connectivity index (χ4v) is 2.60. The number of nitrogens with zero attached hydrogens (tertiary/aromatic N) is 1. The maximum absolute atomic E-state index is 12.6. The van der Waals surface area contributed by atoms with E-state index in [0.717, 1.165) is 14.5 Å². The largest absolute Gasteiger partial charge is 0.289 e. The fraction of sp³-hybridized carbons (Fsp3) is 0. The van der Waals surface area contributed by atoms with Gasteiger partial charge in [0.05, 0.1) is 10.5 Å². The summed E-state index contributed by atoms with van der Waals surface area (Å²) in [6.45, 7) is 0. The molecule has 0 bridgehead atoms. The quantitative estimate of drug-likeness (QED) is 0.466. The molecule has 0 fully saturated rings. The van der Waals surface area contributed by atoms with Crippen molar-refractivity contribution < 1.29 is 4.79 Å². The normalized spacial score (nSPS) is 10.7. The molecule has 0 N–H and O–H groups in total. The Labute approximate surface area is 134 Å². The van der Waals surface area contributed by atoms with Gasteiger partial charge in [-0.25, -0.2) is 0 Å². The lowest BCUT2D eigenvalue weighted by atomic mass is 10.0. The van der Waals surface area contributed by atoms with E-state index in [9.17, 15) is 4.79 Å². The van der Waals surface area contributed by atoms with Gasteiger partial charge in [0, 0.05) is 26.3 Å². The summed E-state index contributed by atoms with van der Waals surface area (Å²) < 4.78 is 0.928. The molecule has 20 heavy (non-hydrogen) atoms. The number of carbonyl (C=O) groups is 1. The summed E-state index contributed by atoms with van der Waals surface area (Å²) in [5.74, 6) is -0.0624. The van der Waals surface area contributed by atoms with Crippen molar-refractivity contribution >= 4 is 50.9 Å². The highest BCUT2D eigenvalue weighted by Gasteiger charge is 2.14. The maximum Gasteiger partial charge on any atom is 0.195 e. The van der Waals surface area contributed by atoms with Crippen LogP contribution in [-0.4, -0.2) is 10.8 Å². The first kappa shape index (κ1) is 13.5. The predicted octanol–water partition coefficient (Wildman–Crippen LogP) is 4.72. The summed E-state index contributed by atoms with van der Waals surface area (Å²) in [4.78, 5) is 16.9. The molecule has 98 valence electrons. The van der Waals surface area contributed by atoms with E-state index in [1.807, 2.05) is 30.3 Å². The number of benzene rings is 2. The molecule has 4 heteroatoms. The minimum atomic E-state index is -0.0624. The zero-order chi connectivity index (χ0) is 14.1. The van der Waals surface area contributed by atoms with Crippen LogP contribution in [0.3, 0.4) is 0 Å². The highest BCUT2D eigenvalue weighted by atomic mass is 127. The second kappa shape index (κ2) is 5.50. The minimum absolute atomic E-state index is 0.0624. The van der Waals surface area contributed by atoms with Crippen LogP contribution in [0, 0.1) is 3.57 Å². The lowest BCUT2D eigenvalue weighted by Gasteiger charge is -2.06. The second-order valence-electron chi connectivity index (χ2n) is 4.34. The van der Waals surface area contributed by atoms with Crippen LogP contribution in [0.1, 0.15) is 15.9 Å². The molecule has 0 aliphatic heterocycles. The number of halogens is 2. The van der Waals surface area contributed by atoms with E-state index >= 15 is 0 Å². The van der Waals surface area contributed by atoms with Crippen molar-refractivity contribution in [2.75, 3.05) is 0 Å². The summed E-state index contributed by atoms with van der Waals surface area (Å²) >= 11 is 8.23. The second-order valence-corrected chi connectivity index (χ2v) is 5.91. The lowest BCUT2D eigenvalue weighted by molar-refractivity contribution is 0.104. The third kappa shape index (κ3) is 2.43. The Kier molecular flexibility index (Phi) is 3.72. The van der Waals surface area contributed by atoms with Gasteiger partial charge in [-0.15, -0.1) is 0 Å². The lowest BCUT2D eigenvalue weighted by Crippen LogP contribution is -2.03. The molecular formula is C16H9ClINO. The molecule has 1 aromatic heterocycles. The van der Waals surface area contributed by atoms with Gasteiger partial charge in [0.25, 0.3) is 0 Å². The SMILES string of the molecule is O=C(c1ccc(I)c(Cl)c1)c1cccc2cccnc12. The zero-order valence-corrected chi connectivity index (χ0v) is 13.2. The number of para-hydroxylation sites is 1. The number of pyridine rings is 1. The molecule has 2 nitrogen and oxygen atoms in total. The summed E-state index contributed by atoms with van der Waals surface area (Å²) in [6.07, 6.45) is 1.69. The molecule has 0 spiro atoms. The molecule has 0 unspecified atom stereocenters. The number of ketones is 1. The van der Waals surface area contributed by atoms with Gasteiger partial charge in [-0.05, 0) is 52.9 Å². The first-order valence-corrected chi connectivity index (χ1v) is 7.46. The van der Waals surface area contributed by atoms with Gasteiger partial charge in [-0.3, -0.25) is 9.78 Å². The highest BCUT2D eigenvalue weighted by Crippen LogP contribution is 2.23. The van der Waals surface area contributed by atoms with Gasteiger partial charge in [0.15, 0.2) is 5.78 Å². The van der Waals surface area contributed by atoms with Crippen LogP contribution in [-0.2, 0) is 0 Å². The van der Waals surface area contributed by atoms with Crippen LogP contribution in [0.5, 0.6) is 0 Å². The first-order valence-electron chi connectivity index (χ1n) is 6.00. The smallest absolute Gasteiger partial charge is 0.195 e. The maximum atomic E-state index is 12.6. The Hall–Kier alpha value is -1.46. The molecule has 0 aliphatic rings. The molecular weight excluding hydrogens is 385 g/mol. The molecule has 0 amide bonds. The number of fused-ring (bicyclic) bond motifs is 1. The van der Waals surface area contributed by atoms with Crippen molar-refractivity contribution in [1.82, 2.24) is 4.98 Å².